The normalized spacial score (nSPS) is 13.1. The van der Waals surface area contributed by atoms with Gasteiger partial charge in [0.1, 0.15) is 0 Å². The van der Waals surface area contributed by atoms with Crippen molar-refractivity contribution in [3.63, 3.8) is 0 Å². The Bertz CT molecular complexity index is 4180. The van der Waals surface area contributed by atoms with E-state index >= 15 is 0 Å². The van der Waals surface area contributed by atoms with Crippen LogP contribution in [0, 0.1) is 0 Å². The summed E-state index contributed by atoms with van der Waals surface area (Å²) in [6, 6.07) is 95.3. The molecule has 1 N–H and O–H groups in total. The maximum absolute atomic E-state index is 4.07. The second-order valence-electron chi connectivity index (χ2n) is 23.4. The van der Waals surface area contributed by atoms with Crippen LogP contribution in [0.3, 0.4) is 0 Å². The van der Waals surface area contributed by atoms with Crippen LogP contribution in [0.2, 0.25) is 0 Å². The summed E-state index contributed by atoms with van der Waals surface area (Å²) in [4.78, 5) is 9.03. The van der Waals surface area contributed by atoms with Crippen LogP contribution in [-0.4, -0.2) is 4.98 Å². The molecule has 1 spiro atoms. The van der Waals surface area contributed by atoms with Crippen molar-refractivity contribution < 1.29 is 0 Å². The van der Waals surface area contributed by atoms with Gasteiger partial charge in [0.05, 0.1) is 16.6 Å². The van der Waals surface area contributed by atoms with Crippen LogP contribution < -0.4 is 9.80 Å². The minimum atomic E-state index is -0.674. The first-order valence-corrected chi connectivity index (χ1v) is 27.5. The minimum Gasteiger partial charge on any atom is -0.353 e. The van der Waals surface area contributed by atoms with Gasteiger partial charge in [0, 0.05) is 44.7 Å². The molecule has 14 rings (SSSR count). The molecule has 2 aliphatic rings. The van der Waals surface area contributed by atoms with E-state index in [0.717, 1.165) is 45.2 Å². The Morgan fingerprint density at radius 2 is 0.756 bits per heavy atom. The lowest BCUT2D eigenvalue weighted by molar-refractivity contribution is 0.590. The Balaban J connectivity index is 1.06. The van der Waals surface area contributed by atoms with Crippen molar-refractivity contribution in [2.45, 2.75) is 57.8 Å². The predicted octanol–water partition coefficient (Wildman–Crippen LogP) is 20.5. The Labute approximate surface area is 458 Å². The number of anilines is 6. The molecule has 12 aromatic rings. The van der Waals surface area contributed by atoms with Gasteiger partial charge >= 0.3 is 0 Å². The number of fused-ring (bicyclic) bond motifs is 14. The van der Waals surface area contributed by atoms with Gasteiger partial charge in [-0.05, 0) is 162 Å². The summed E-state index contributed by atoms with van der Waals surface area (Å²) >= 11 is 0. The number of nitrogens with zero attached hydrogens (tertiary/aromatic N) is 2. The number of hydrogen-bond donors (Lipinski definition) is 1. The molecule has 1 heterocycles. The molecule has 0 saturated carbocycles. The van der Waals surface area contributed by atoms with Crippen LogP contribution in [-0.2, 0) is 16.2 Å². The van der Waals surface area contributed by atoms with E-state index in [1.807, 2.05) is 0 Å². The van der Waals surface area contributed by atoms with Crippen molar-refractivity contribution >= 4 is 55.9 Å². The predicted molar refractivity (Wildman–Crippen MR) is 330 cm³/mol. The van der Waals surface area contributed by atoms with Gasteiger partial charge in [0.15, 0.2) is 0 Å². The number of aromatic nitrogens is 1. The monoisotopic (exact) mass is 1000 g/mol. The van der Waals surface area contributed by atoms with Crippen molar-refractivity contribution in [3.8, 4) is 44.5 Å². The molecule has 376 valence electrons. The largest absolute Gasteiger partial charge is 0.353 e. The zero-order valence-corrected chi connectivity index (χ0v) is 45.1. The van der Waals surface area contributed by atoms with Gasteiger partial charge < -0.3 is 14.8 Å². The van der Waals surface area contributed by atoms with E-state index in [9.17, 15) is 0 Å². The van der Waals surface area contributed by atoms with Crippen molar-refractivity contribution in [2.24, 2.45) is 0 Å². The fraction of sp³-hybridized carbons (Fsp3) is 0.120. The smallest absolute Gasteiger partial charge is 0.0727 e. The quantitative estimate of drug-likeness (QED) is 0.164. The molecule has 0 fully saturated rings. The molecule has 3 heteroatoms. The van der Waals surface area contributed by atoms with E-state index in [0.29, 0.717) is 0 Å². The summed E-state index contributed by atoms with van der Waals surface area (Å²) in [5, 5.41) is 2.44. The van der Waals surface area contributed by atoms with Gasteiger partial charge in [-0.2, -0.15) is 0 Å². The summed E-state index contributed by atoms with van der Waals surface area (Å²) in [6.45, 7) is 13.7. The zero-order valence-electron chi connectivity index (χ0n) is 45.1. The highest BCUT2D eigenvalue weighted by molar-refractivity contribution is 6.22. The highest BCUT2D eigenvalue weighted by atomic mass is 15.2. The van der Waals surface area contributed by atoms with Crippen molar-refractivity contribution in [1.29, 1.82) is 0 Å². The average molecular weight is 1000 g/mol. The molecule has 78 heavy (non-hydrogen) atoms. The molecule has 0 radical (unpaired) electrons. The number of para-hydroxylation sites is 1. The minimum absolute atomic E-state index is 0.00392. The third-order valence-corrected chi connectivity index (χ3v) is 16.7. The summed E-state index contributed by atoms with van der Waals surface area (Å²) in [5.74, 6) is 0. The highest BCUT2D eigenvalue weighted by Gasteiger charge is 2.53. The number of rotatable bonds is 8. The average Bonchev–Trinajstić information content (AvgIpc) is 3.15. The van der Waals surface area contributed by atoms with Crippen LogP contribution >= 0.6 is 0 Å². The first kappa shape index (κ1) is 47.3. The van der Waals surface area contributed by atoms with Crippen molar-refractivity contribution in [2.75, 3.05) is 9.80 Å². The van der Waals surface area contributed by atoms with Crippen LogP contribution in [0.1, 0.15) is 74.9 Å². The fourth-order valence-corrected chi connectivity index (χ4v) is 12.9. The third kappa shape index (κ3) is 7.47. The molecule has 1 aromatic heterocycles. The molecule has 2 aliphatic carbocycles. The maximum atomic E-state index is 4.07. The first-order chi connectivity index (χ1) is 37.9. The van der Waals surface area contributed by atoms with Gasteiger partial charge in [0.25, 0.3) is 0 Å². The molecule has 0 atom stereocenters. The molecule has 3 nitrogen and oxygen atoms in total. The van der Waals surface area contributed by atoms with Gasteiger partial charge in [-0.25, -0.2) is 0 Å². The number of hydrogen-bond acceptors (Lipinski definition) is 2. The zero-order chi connectivity index (χ0) is 52.9. The molecule has 11 aromatic carbocycles. The topological polar surface area (TPSA) is 22.3 Å². The first-order valence-electron chi connectivity index (χ1n) is 27.5. The molecular formula is C75H61N3. The van der Waals surface area contributed by atoms with Crippen LogP contribution in [0.5, 0.6) is 0 Å². The fourth-order valence-electron chi connectivity index (χ4n) is 12.9. The second-order valence-corrected chi connectivity index (χ2v) is 23.4. The lowest BCUT2D eigenvalue weighted by Crippen LogP contribution is -2.26. The number of aromatic amines is 1. The number of H-pyrrole nitrogens is 1. The Hall–Kier alpha value is -9.18. The van der Waals surface area contributed by atoms with Crippen LogP contribution in [0.15, 0.2) is 255 Å². The highest BCUT2D eigenvalue weighted by Crippen LogP contribution is 2.66. The van der Waals surface area contributed by atoms with Gasteiger partial charge in [-0.3, -0.25) is 0 Å². The molecule has 0 unspecified atom stereocenters. The molecule has 0 amide bonds. The SMILES string of the molecule is CC(C)(C)c1ccc(N(c2ccc(-c3ccccc3)cc2)c2ccc3c(c2)C2(c4ccccc4-c4ccccc42)c2cc(N(c4ccc(-c5ccccc5)cc4)c4ccc(C(C)(C)C)cc4)c4[nH]c5ccccc5c4c2-3)cc1. The van der Waals surface area contributed by atoms with Crippen LogP contribution in [0.4, 0.5) is 34.1 Å². The second kappa shape index (κ2) is 18.0. The third-order valence-electron chi connectivity index (χ3n) is 16.7. The molecule has 0 bridgehead atoms. The Morgan fingerprint density at radius 3 is 1.27 bits per heavy atom. The van der Waals surface area contributed by atoms with E-state index in [1.165, 1.54) is 88.7 Å². The molecular weight excluding hydrogens is 943 g/mol. The summed E-state index contributed by atoms with van der Waals surface area (Å²) in [7, 11) is 0. The number of nitrogens with one attached hydrogen (secondary N) is 1. The van der Waals surface area contributed by atoms with E-state index in [-0.39, 0.29) is 10.8 Å². The lowest BCUT2D eigenvalue weighted by Gasteiger charge is -2.33. The van der Waals surface area contributed by atoms with E-state index < -0.39 is 5.41 Å². The van der Waals surface area contributed by atoms with Crippen LogP contribution in [0.25, 0.3) is 66.3 Å². The maximum Gasteiger partial charge on any atom is 0.0727 e. The van der Waals surface area contributed by atoms with Gasteiger partial charge in [0.2, 0.25) is 0 Å². The molecule has 0 aliphatic heterocycles. The summed E-state index contributed by atoms with van der Waals surface area (Å²) < 4.78 is 0. The van der Waals surface area contributed by atoms with Gasteiger partial charge in [-0.15, -0.1) is 0 Å². The number of benzene rings is 11. The Kier molecular flexibility index (Phi) is 10.9. The standard InChI is InChI=1S/C75H61N3/c1-73(2,3)53-33-41-56(42-34-53)77(55-37-29-51(30-38-55)49-19-9-7-10-20-49)59-45-46-62-66(47-59)75(64-26-16-13-23-60(64)61-24-14-17-27-65(61)75)67-48-69(72-71(70(62)67)63-25-15-18-28-68(63)76-72)78(58-43-35-54(36-44-58)74(4,5)6)57-39-31-52(32-40-57)50-21-11-8-12-22-50/h7-48,76H,1-6H3. The van der Waals surface area contributed by atoms with Crippen molar-refractivity contribution in [3.05, 3.63) is 288 Å². The Morgan fingerprint density at radius 1 is 0.333 bits per heavy atom. The van der Waals surface area contributed by atoms with E-state index in [4.69, 9.17) is 0 Å². The van der Waals surface area contributed by atoms with Gasteiger partial charge in [-0.1, -0.05) is 224 Å². The lowest BCUT2D eigenvalue weighted by atomic mass is 9.70. The van der Waals surface area contributed by atoms with Crippen molar-refractivity contribution in [1.82, 2.24) is 4.98 Å². The van der Waals surface area contributed by atoms with E-state index in [1.54, 1.807) is 0 Å². The summed E-state index contributed by atoms with van der Waals surface area (Å²) in [6.07, 6.45) is 0. The summed E-state index contributed by atoms with van der Waals surface area (Å²) in [5.41, 5.74) is 25.8. The van der Waals surface area contributed by atoms with E-state index in [2.05, 4.69) is 311 Å². The molecule has 0 saturated heterocycles.